The number of rotatable bonds is 3. The second-order valence-electron chi connectivity index (χ2n) is 3.83. The van der Waals surface area contributed by atoms with Crippen molar-refractivity contribution in [1.82, 2.24) is 5.32 Å². The molecule has 0 heterocycles. The summed E-state index contributed by atoms with van der Waals surface area (Å²) >= 11 is 0. The molecule has 0 aliphatic carbocycles. The predicted octanol–water partition coefficient (Wildman–Crippen LogP) is 0.145. The lowest BCUT2D eigenvalue weighted by molar-refractivity contribution is 0.0504. The van der Waals surface area contributed by atoms with Crippen molar-refractivity contribution >= 4 is 6.09 Å². The van der Waals surface area contributed by atoms with Crippen molar-refractivity contribution < 1.29 is 9.53 Å². The van der Waals surface area contributed by atoms with Crippen LogP contribution in [0.25, 0.3) is 0 Å². The Bertz CT molecular complexity index is 165. The molecule has 5 heteroatoms. The molecule has 0 aliphatic rings. The molecule has 0 aliphatic heterocycles. The van der Waals surface area contributed by atoms with E-state index in [2.05, 4.69) is 5.32 Å². The molecular formula is C8H19N3O2. The molecule has 1 unspecified atom stereocenters. The monoisotopic (exact) mass is 189 g/mol. The third kappa shape index (κ3) is 7.55. The number of carbonyl (C=O) groups excluding carboxylic acids is 1. The van der Waals surface area contributed by atoms with Crippen LogP contribution in [0.5, 0.6) is 0 Å². The zero-order valence-electron chi connectivity index (χ0n) is 8.46. The molecule has 5 N–H and O–H groups in total. The minimum Gasteiger partial charge on any atom is -0.444 e. The molecule has 1 amide bonds. The number of nitrogens with one attached hydrogen (secondary N) is 1. The maximum atomic E-state index is 11.1. The average molecular weight is 189 g/mol. The van der Waals surface area contributed by atoms with Crippen LogP contribution in [0.2, 0.25) is 0 Å². The summed E-state index contributed by atoms with van der Waals surface area (Å²) in [5.74, 6) is 0. The first kappa shape index (κ1) is 12.2. The molecule has 0 aromatic heterocycles. The van der Waals surface area contributed by atoms with E-state index in [0.717, 1.165) is 0 Å². The van der Waals surface area contributed by atoms with Crippen LogP contribution in [-0.4, -0.2) is 24.4 Å². The quantitative estimate of drug-likeness (QED) is 0.551. The Morgan fingerprint density at radius 1 is 1.54 bits per heavy atom. The van der Waals surface area contributed by atoms with Gasteiger partial charge in [0.1, 0.15) is 5.60 Å². The summed E-state index contributed by atoms with van der Waals surface area (Å²) in [6.45, 7) is 5.82. The van der Waals surface area contributed by atoms with Gasteiger partial charge in [0.05, 0.1) is 6.17 Å². The van der Waals surface area contributed by atoms with E-state index < -0.39 is 17.9 Å². The zero-order chi connectivity index (χ0) is 10.5. The van der Waals surface area contributed by atoms with Gasteiger partial charge in [0.25, 0.3) is 0 Å². The minimum absolute atomic E-state index is 0.431. The van der Waals surface area contributed by atoms with Crippen LogP contribution in [0.3, 0.4) is 0 Å². The third-order valence-corrected chi connectivity index (χ3v) is 1.18. The summed E-state index contributed by atoms with van der Waals surface area (Å²) in [6.07, 6.45) is -0.396. The Morgan fingerprint density at radius 2 is 2.08 bits per heavy atom. The van der Waals surface area contributed by atoms with Crippen molar-refractivity contribution in [2.45, 2.75) is 39.0 Å². The van der Waals surface area contributed by atoms with Crippen LogP contribution in [0.4, 0.5) is 4.79 Å². The zero-order valence-corrected chi connectivity index (χ0v) is 8.46. The molecule has 5 nitrogen and oxygen atoms in total. The SMILES string of the molecule is CC(C)(C)OC(=O)NC(N)CCN. The molecular weight excluding hydrogens is 170 g/mol. The Hall–Kier alpha value is -0.810. The number of hydrogen-bond acceptors (Lipinski definition) is 4. The summed E-state index contributed by atoms with van der Waals surface area (Å²) in [4.78, 5) is 11.1. The molecule has 0 saturated carbocycles. The summed E-state index contributed by atoms with van der Waals surface area (Å²) in [6, 6.07) is 0. The fourth-order valence-electron chi connectivity index (χ4n) is 0.711. The van der Waals surface area contributed by atoms with E-state index in [-0.39, 0.29) is 0 Å². The molecule has 0 spiro atoms. The first-order valence-electron chi connectivity index (χ1n) is 4.30. The number of alkyl carbamates (subject to hydrolysis) is 1. The smallest absolute Gasteiger partial charge is 0.408 e. The van der Waals surface area contributed by atoms with Crippen molar-refractivity contribution in [3.63, 3.8) is 0 Å². The molecule has 0 fully saturated rings. The van der Waals surface area contributed by atoms with Gasteiger partial charge in [0, 0.05) is 0 Å². The lowest BCUT2D eigenvalue weighted by Crippen LogP contribution is -2.45. The molecule has 0 radical (unpaired) electrons. The van der Waals surface area contributed by atoms with Gasteiger partial charge in [-0.1, -0.05) is 0 Å². The van der Waals surface area contributed by atoms with Gasteiger partial charge in [-0.15, -0.1) is 0 Å². The maximum Gasteiger partial charge on any atom is 0.408 e. The summed E-state index contributed by atoms with van der Waals surface area (Å²) in [7, 11) is 0. The lowest BCUT2D eigenvalue weighted by atomic mass is 10.2. The number of ether oxygens (including phenoxy) is 1. The van der Waals surface area contributed by atoms with E-state index in [1.165, 1.54) is 0 Å². The maximum absolute atomic E-state index is 11.1. The van der Waals surface area contributed by atoms with Gasteiger partial charge in [-0.2, -0.15) is 0 Å². The van der Waals surface area contributed by atoms with E-state index in [1.807, 2.05) is 0 Å². The number of nitrogens with two attached hydrogens (primary N) is 2. The van der Waals surface area contributed by atoms with E-state index >= 15 is 0 Å². The second-order valence-corrected chi connectivity index (χ2v) is 3.83. The van der Waals surface area contributed by atoms with E-state index in [9.17, 15) is 4.79 Å². The van der Waals surface area contributed by atoms with Crippen molar-refractivity contribution in [2.24, 2.45) is 11.5 Å². The van der Waals surface area contributed by atoms with Gasteiger partial charge < -0.3 is 21.5 Å². The van der Waals surface area contributed by atoms with Crippen LogP contribution >= 0.6 is 0 Å². The molecule has 0 saturated heterocycles. The largest absolute Gasteiger partial charge is 0.444 e. The van der Waals surface area contributed by atoms with Crippen molar-refractivity contribution in [3.05, 3.63) is 0 Å². The van der Waals surface area contributed by atoms with Crippen molar-refractivity contribution in [2.75, 3.05) is 6.54 Å². The standard InChI is InChI=1S/C8H19N3O2/c1-8(2,3)13-7(12)11-6(10)4-5-9/h6H,4-5,9-10H2,1-3H3,(H,11,12). The van der Waals surface area contributed by atoms with Crippen molar-refractivity contribution in [1.29, 1.82) is 0 Å². The Labute approximate surface area is 78.8 Å². The van der Waals surface area contributed by atoms with Gasteiger partial charge in [-0.25, -0.2) is 4.79 Å². The summed E-state index contributed by atoms with van der Waals surface area (Å²) in [5, 5.41) is 2.47. The number of carbonyl (C=O) groups is 1. The fourth-order valence-corrected chi connectivity index (χ4v) is 0.711. The van der Waals surface area contributed by atoms with Gasteiger partial charge in [-0.05, 0) is 33.7 Å². The molecule has 0 rings (SSSR count). The minimum atomic E-state index is -0.506. The molecule has 78 valence electrons. The van der Waals surface area contributed by atoms with Gasteiger partial charge >= 0.3 is 6.09 Å². The Balaban J connectivity index is 3.74. The van der Waals surface area contributed by atoms with Crippen LogP contribution in [-0.2, 0) is 4.74 Å². The fraction of sp³-hybridized carbons (Fsp3) is 0.875. The lowest BCUT2D eigenvalue weighted by Gasteiger charge is -2.21. The van der Waals surface area contributed by atoms with Crippen LogP contribution in [0.15, 0.2) is 0 Å². The molecule has 13 heavy (non-hydrogen) atoms. The van der Waals surface area contributed by atoms with Gasteiger partial charge in [0.2, 0.25) is 0 Å². The van der Waals surface area contributed by atoms with E-state index in [0.29, 0.717) is 13.0 Å². The van der Waals surface area contributed by atoms with E-state index in [4.69, 9.17) is 16.2 Å². The highest BCUT2D eigenvalue weighted by atomic mass is 16.6. The average Bonchev–Trinajstić information content (AvgIpc) is 1.81. The third-order valence-electron chi connectivity index (χ3n) is 1.18. The summed E-state index contributed by atoms with van der Waals surface area (Å²) < 4.78 is 4.98. The van der Waals surface area contributed by atoms with Crippen LogP contribution < -0.4 is 16.8 Å². The highest BCUT2D eigenvalue weighted by Gasteiger charge is 2.17. The first-order valence-corrected chi connectivity index (χ1v) is 4.30. The molecule has 0 aromatic rings. The number of amides is 1. The molecule has 1 atom stereocenters. The molecule has 0 aromatic carbocycles. The predicted molar refractivity (Wildman–Crippen MR) is 51.0 cm³/mol. The highest BCUT2D eigenvalue weighted by molar-refractivity contribution is 5.67. The first-order chi connectivity index (χ1) is 5.85. The topological polar surface area (TPSA) is 90.4 Å². The highest BCUT2D eigenvalue weighted by Crippen LogP contribution is 2.06. The number of hydrogen-bond donors (Lipinski definition) is 3. The van der Waals surface area contributed by atoms with Crippen LogP contribution in [0, 0.1) is 0 Å². The van der Waals surface area contributed by atoms with Gasteiger partial charge in [-0.3, -0.25) is 0 Å². The van der Waals surface area contributed by atoms with Crippen molar-refractivity contribution in [3.8, 4) is 0 Å². The molecule has 0 bridgehead atoms. The Morgan fingerprint density at radius 3 is 2.46 bits per heavy atom. The van der Waals surface area contributed by atoms with Gasteiger partial charge in [0.15, 0.2) is 0 Å². The second kappa shape index (κ2) is 5.04. The Kier molecular flexibility index (Phi) is 4.72. The summed E-state index contributed by atoms with van der Waals surface area (Å²) in [5.41, 5.74) is 10.3. The van der Waals surface area contributed by atoms with Crippen LogP contribution in [0.1, 0.15) is 27.2 Å². The normalized spacial score (nSPS) is 13.6. The van der Waals surface area contributed by atoms with E-state index in [1.54, 1.807) is 20.8 Å².